The number of benzene rings is 1. The summed E-state index contributed by atoms with van der Waals surface area (Å²) in [7, 11) is 0. The van der Waals surface area contributed by atoms with Crippen LogP contribution in [0.15, 0.2) is 47.3 Å². The molecule has 1 saturated heterocycles. The number of para-hydroxylation sites is 1. The Kier molecular flexibility index (Phi) is 6.24. The first-order valence-electron chi connectivity index (χ1n) is 9.34. The van der Waals surface area contributed by atoms with Crippen LogP contribution in [0.4, 0.5) is 0 Å². The minimum absolute atomic E-state index is 0.129. The van der Waals surface area contributed by atoms with Crippen LogP contribution < -0.4 is 10.3 Å². The summed E-state index contributed by atoms with van der Waals surface area (Å²) in [5, 5.41) is 4.25. The van der Waals surface area contributed by atoms with Gasteiger partial charge in [0.2, 0.25) is 0 Å². The van der Waals surface area contributed by atoms with Crippen LogP contribution in [0.1, 0.15) is 24.3 Å². The molecular formula is C20H26N4O3. The van der Waals surface area contributed by atoms with E-state index in [-0.39, 0.29) is 18.0 Å². The summed E-state index contributed by atoms with van der Waals surface area (Å²) in [6.45, 7) is 7.97. The lowest BCUT2D eigenvalue weighted by atomic mass is 10.2. The van der Waals surface area contributed by atoms with Gasteiger partial charge in [0.25, 0.3) is 11.5 Å². The van der Waals surface area contributed by atoms with Gasteiger partial charge in [0.1, 0.15) is 18.1 Å². The molecular weight excluding hydrogens is 344 g/mol. The normalized spacial score (nSPS) is 15.1. The molecule has 1 fully saturated rings. The summed E-state index contributed by atoms with van der Waals surface area (Å²) >= 11 is 0. The minimum Gasteiger partial charge on any atom is -0.492 e. The molecule has 27 heavy (non-hydrogen) atoms. The number of piperazine rings is 1. The van der Waals surface area contributed by atoms with Crippen LogP contribution in [-0.4, -0.2) is 64.3 Å². The number of amides is 1. The second-order valence-corrected chi connectivity index (χ2v) is 6.86. The van der Waals surface area contributed by atoms with Crippen molar-refractivity contribution >= 4 is 5.91 Å². The van der Waals surface area contributed by atoms with Gasteiger partial charge in [-0.2, -0.15) is 5.10 Å². The van der Waals surface area contributed by atoms with E-state index >= 15 is 0 Å². The first-order chi connectivity index (χ1) is 13.0. The molecule has 3 rings (SSSR count). The molecule has 7 nitrogen and oxygen atoms in total. The first-order valence-corrected chi connectivity index (χ1v) is 9.34. The summed E-state index contributed by atoms with van der Waals surface area (Å²) in [5.41, 5.74) is 0.0557. The van der Waals surface area contributed by atoms with Crippen molar-refractivity contribution < 1.29 is 9.53 Å². The zero-order chi connectivity index (χ0) is 19.2. The Labute approximate surface area is 159 Å². The average Bonchev–Trinajstić information content (AvgIpc) is 2.70. The fourth-order valence-corrected chi connectivity index (χ4v) is 3.09. The van der Waals surface area contributed by atoms with Crippen LogP contribution in [0.5, 0.6) is 5.75 Å². The number of ether oxygens (including phenoxy) is 1. The standard InChI is InChI=1S/C20H26N4O3/c1-16(2)22-10-12-23(13-11-22)20(26)18-8-9-19(25)24(21-18)14-15-27-17-6-4-3-5-7-17/h3-9,16H,10-15H2,1-2H3. The molecule has 2 aromatic rings. The van der Waals surface area contributed by atoms with Crippen LogP contribution in [0.3, 0.4) is 0 Å². The Morgan fingerprint density at radius 2 is 1.78 bits per heavy atom. The molecule has 1 aromatic carbocycles. The van der Waals surface area contributed by atoms with E-state index in [1.807, 2.05) is 30.3 Å². The van der Waals surface area contributed by atoms with Crippen molar-refractivity contribution in [2.45, 2.75) is 26.4 Å². The molecule has 1 aliphatic rings. The van der Waals surface area contributed by atoms with Gasteiger partial charge < -0.3 is 9.64 Å². The van der Waals surface area contributed by atoms with Crippen molar-refractivity contribution in [1.82, 2.24) is 19.6 Å². The number of hydrogen-bond donors (Lipinski definition) is 0. The summed E-state index contributed by atoms with van der Waals surface area (Å²) in [4.78, 5) is 28.9. The Morgan fingerprint density at radius 1 is 1.07 bits per heavy atom. The lowest BCUT2D eigenvalue weighted by Gasteiger charge is -2.36. The first kappa shape index (κ1) is 19.1. The van der Waals surface area contributed by atoms with Gasteiger partial charge in [-0.1, -0.05) is 18.2 Å². The molecule has 1 aliphatic heterocycles. The van der Waals surface area contributed by atoms with Crippen molar-refractivity contribution in [1.29, 1.82) is 0 Å². The van der Waals surface area contributed by atoms with Crippen molar-refractivity contribution in [2.75, 3.05) is 32.8 Å². The Hall–Kier alpha value is -2.67. The van der Waals surface area contributed by atoms with Crippen LogP contribution in [0, 0.1) is 0 Å². The largest absolute Gasteiger partial charge is 0.492 e. The fourth-order valence-electron chi connectivity index (χ4n) is 3.09. The number of nitrogens with zero attached hydrogens (tertiary/aromatic N) is 4. The van der Waals surface area contributed by atoms with Gasteiger partial charge in [-0.25, -0.2) is 4.68 Å². The van der Waals surface area contributed by atoms with E-state index in [9.17, 15) is 9.59 Å². The predicted molar refractivity (Wildman–Crippen MR) is 103 cm³/mol. The maximum Gasteiger partial charge on any atom is 0.274 e. The maximum atomic E-state index is 12.7. The van der Waals surface area contributed by atoms with Gasteiger partial charge in [0.05, 0.1) is 6.54 Å². The molecule has 0 unspecified atom stereocenters. The summed E-state index contributed by atoms with van der Waals surface area (Å²) < 4.78 is 6.91. The molecule has 1 aromatic heterocycles. The van der Waals surface area contributed by atoms with Crippen LogP contribution >= 0.6 is 0 Å². The third-order valence-electron chi connectivity index (χ3n) is 4.73. The Balaban J connectivity index is 1.61. The zero-order valence-electron chi connectivity index (χ0n) is 15.9. The third kappa shape index (κ3) is 4.95. The second kappa shape index (κ2) is 8.81. The molecule has 0 N–H and O–H groups in total. The molecule has 0 bridgehead atoms. The van der Waals surface area contributed by atoms with E-state index in [2.05, 4.69) is 23.8 Å². The lowest BCUT2D eigenvalue weighted by molar-refractivity contribution is 0.0587. The van der Waals surface area contributed by atoms with Crippen LogP contribution in [0.2, 0.25) is 0 Å². The molecule has 0 atom stereocenters. The number of rotatable bonds is 6. The number of carbonyl (C=O) groups excluding carboxylic acids is 1. The zero-order valence-corrected chi connectivity index (χ0v) is 15.9. The van der Waals surface area contributed by atoms with Gasteiger partial charge in [-0.3, -0.25) is 14.5 Å². The SMILES string of the molecule is CC(C)N1CCN(C(=O)c2ccc(=O)n(CCOc3ccccc3)n2)CC1. The Bertz CT molecular complexity index is 811. The van der Waals surface area contributed by atoms with E-state index in [0.29, 0.717) is 31.4 Å². The van der Waals surface area contributed by atoms with E-state index in [4.69, 9.17) is 4.74 Å². The topological polar surface area (TPSA) is 67.7 Å². The average molecular weight is 370 g/mol. The van der Waals surface area contributed by atoms with Gasteiger partial charge in [-0.15, -0.1) is 0 Å². The highest BCUT2D eigenvalue weighted by atomic mass is 16.5. The van der Waals surface area contributed by atoms with Crippen molar-refractivity contribution in [3.8, 4) is 5.75 Å². The molecule has 2 heterocycles. The molecule has 0 radical (unpaired) electrons. The molecule has 0 saturated carbocycles. The van der Waals surface area contributed by atoms with E-state index in [1.54, 1.807) is 4.90 Å². The third-order valence-corrected chi connectivity index (χ3v) is 4.73. The van der Waals surface area contributed by atoms with Crippen molar-refractivity contribution in [2.24, 2.45) is 0 Å². The van der Waals surface area contributed by atoms with E-state index < -0.39 is 0 Å². The van der Waals surface area contributed by atoms with E-state index in [1.165, 1.54) is 16.8 Å². The predicted octanol–water partition coefficient (Wildman–Crippen LogP) is 1.49. The fraction of sp³-hybridized carbons (Fsp3) is 0.450. The van der Waals surface area contributed by atoms with E-state index in [0.717, 1.165) is 18.8 Å². The second-order valence-electron chi connectivity index (χ2n) is 6.86. The van der Waals surface area contributed by atoms with Crippen LogP contribution in [0.25, 0.3) is 0 Å². The van der Waals surface area contributed by atoms with Gasteiger partial charge >= 0.3 is 0 Å². The van der Waals surface area contributed by atoms with Crippen molar-refractivity contribution in [3.63, 3.8) is 0 Å². The number of carbonyl (C=O) groups is 1. The summed E-state index contributed by atoms with van der Waals surface area (Å²) in [5.74, 6) is 0.608. The molecule has 7 heteroatoms. The van der Waals surface area contributed by atoms with Gasteiger partial charge in [0, 0.05) is 38.3 Å². The highest BCUT2D eigenvalue weighted by Gasteiger charge is 2.24. The quantitative estimate of drug-likeness (QED) is 0.771. The van der Waals surface area contributed by atoms with Gasteiger partial charge in [-0.05, 0) is 32.0 Å². The summed E-state index contributed by atoms with van der Waals surface area (Å²) in [6, 6.07) is 12.8. The number of aromatic nitrogens is 2. The highest BCUT2D eigenvalue weighted by molar-refractivity contribution is 5.92. The summed E-state index contributed by atoms with van der Waals surface area (Å²) in [6.07, 6.45) is 0. The van der Waals surface area contributed by atoms with Gasteiger partial charge in [0.15, 0.2) is 0 Å². The molecule has 0 spiro atoms. The lowest BCUT2D eigenvalue weighted by Crippen LogP contribution is -2.51. The Morgan fingerprint density at radius 3 is 2.44 bits per heavy atom. The van der Waals surface area contributed by atoms with Crippen molar-refractivity contribution in [3.05, 3.63) is 58.5 Å². The minimum atomic E-state index is -0.243. The highest BCUT2D eigenvalue weighted by Crippen LogP contribution is 2.09. The smallest absolute Gasteiger partial charge is 0.274 e. The van der Waals surface area contributed by atoms with Crippen LogP contribution in [-0.2, 0) is 6.54 Å². The monoisotopic (exact) mass is 370 g/mol. The number of hydrogen-bond acceptors (Lipinski definition) is 5. The molecule has 0 aliphatic carbocycles. The molecule has 1 amide bonds. The molecule has 144 valence electrons. The maximum absolute atomic E-state index is 12.7.